The largest absolute Gasteiger partial charge is 0.357 e. The van der Waals surface area contributed by atoms with E-state index < -0.39 is 0 Å². The summed E-state index contributed by atoms with van der Waals surface area (Å²) in [6, 6.07) is 4.26. The predicted octanol–water partition coefficient (Wildman–Crippen LogP) is 1.78. The molecule has 0 atom stereocenters. The van der Waals surface area contributed by atoms with Gasteiger partial charge in [0.1, 0.15) is 18.0 Å². The zero-order valence-electron chi connectivity index (χ0n) is 16.2. The van der Waals surface area contributed by atoms with E-state index in [9.17, 15) is 4.79 Å². The Kier molecular flexibility index (Phi) is 4.77. The molecule has 2 aliphatic heterocycles. The molecule has 148 valence electrons. The fourth-order valence-electron chi connectivity index (χ4n) is 4.08. The van der Waals surface area contributed by atoms with Crippen LogP contribution in [-0.4, -0.2) is 49.5 Å². The van der Waals surface area contributed by atoms with Crippen LogP contribution < -0.4 is 10.5 Å². The summed E-state index contributed by atoms with van der Waals surface area (Å²) in [4.78, 5) is 37.5. The van der Waals surface area contributed by atoms with Gasteiger partial charge >= 0.3 is 0 Å². The van der Waals surface area contributed by atoms with E-state index in [1.165, 1.54) is 24.7 Å². The predicted molar refractivity (Wildman–Crippen MR) is 109 cm³/mol. The summed E-state index contributed by atoms with van der Waals surface area (Å²) in [5, 5.41) is 0. The fraction of sp³-hybridized carbons (Fsp3) is 0.381. The third-order valence-electron chi connectivity index (χ3n) is 5.63. The number of hydrogen-bond donors (Lipinski definition) is 1. The molecule has 8 heteroatoms. The van der Waals surface area contributed by atoms with E-state index in [0.29, 0.717) is 12.4 Å². The second-order valence-electron chi connectivity index (χ2n) is 7.65. The molecule has 1 N–H and O–H groups in total. The van der Waals surface area contributed by atoms with E-state index in [1.807, 2.05) is 6.20 Å². The van der Waals surface area contributed by atoms with Crippen LogP contribution in [0.15, 0.2) is 41.8 Å². The molecule has 0 radical (unpaired) electrons. The summed E-state index contributed by atoms with van der Waals surface area (Å²) in [5.74, 6) is 1.60. The van der Waals surface area contributed by atoms with Crippen LogP contribution >= 0.6 is 0 Å². The maximum absolute atomic E-state index is 12.7. The van der Waals surface area contributed by atoms with Gasteiger partial charge in [-0.2, -0.15) is 0 Å². The van der Waals surface area contributed by atoms with Gasteiger partial charge in [-0.25, -0.2) is 19.9 Å². The number of rotatable bonds is 4. The monoisotopic (exact) mass is 389 g/mol. The molecule has 8 nitrogen and oxygen atoms in total. The maximum Gasteiger partial charge on any atom is 0.255 e. The quantitative estimate of drug-likeness (QED) is 0.727. The number of pyridine rings is 1. The van der Waals surface area contributed by atoms with Gasteiger partial charge in [-0.1, -0.05) is 6.07 Å². The number of aromatic amines is 1. The molecular formula is C21H23N7O. The van der Waals surface area contributed by atoms with Crippen LogP contribution in [0.3, 0.4) is 0 Å². The summed E-state index contributed by atoms with van der Waals surface area (Å²) in [5.41, 5.74) is 3.42. The molecule has 3 aromatic rings. The minimum atomic E-state index is -0.0824. The van der Waals surface area contributed by atoms with Crippen molar-refractivity contribution in [3.05, 3.63) is 64.2 Å². The molecule has 0 aliphatic carbocycles. The minimum Gasteiger partial charge on any atom is -0.357 e. The first-order valence-electron chi connectivity index (χ1n) is 10.1. The Morgan fingerprint density at radius 2 is 1.86 bits per heavy atom. The van der Waals surface area contributed by atoms with Gasteiger partial charge in [-0.05, 0) is 24.5 Å². The molecule has 0 unspecified atom stereocenters. The molecule has 0 saturated carbocycles. The van der Waals surface area contributed by atoms with E-state index in [2.05, 4.69) is 46.9 Å². The Hall–Kier alpha value is -3.13. The number of anilines is 1. The lowest BCUT2D eigenvalue weighted by atomic mass is 10.1. The Morgan fingerprint density at radius 1 is 1.03 bits per heavy atom. The van der Waals surface area contributed by atoms with Crippen LogP contribution in [0.25, 0.3) is 11.4 Å². The highest BCUT2D eigenvalue weighted by Gasteiger charge is 2.22. The number of hydrogen-bond acceptors (Lipinski definition) is 7. The van der Waals surface area contributed by atoms with Crippen LogP contribution in [0.4, 0.5) is 5.82 Å². The van der Waals surface area contributed by atoms with Gasteiger partial charge in [0.05, 0.1) is 16.8 Å². The van der Waals surface area contributed by atoms with Crippen molar-refractivity contribution in [1.29, 1.82) is 0 Å². The first kappa shape index (κ1) is 17.9. The van der Waals surface area contributed by atoms with Crippen LogP contribution in [0.1, 0.15) is 29.7 Å². The molecule has 29 heavy (non-hydrogen) atoms. The summed E-state index contributed by atoms with van der Waals surface area (Å²) in [7, 11) is 0. The molecule has 3 aromatic heterocycles. The summed E-state index contributed by atoms with van der Waals surface area (Å²) >= 11 is 0. The molecule has 5 heterocycles. The van der Waals surface area contributed by atoms with E-state index in [4.69, 9.17) is 0 Å². The lowest BCUT2D eigenvalue weighted by molar-refractivity contribution is 0.241. The summed E-state index contributed by atoms with van der Waals surface area (Å²) in [6.07, 6.45) is 9.99. The summed E-state index contributed by atoms with van der Waals surface area (Å²) in [6.45, 7) is 4.43. The van der Waals surface area contributed by atoms with E-state index >= 15 is 0 Å². The van der Waals surface area contributed by atoms with Gasteiger partial charge in [0.15, 0.2) is 0 Å². The van der Waals surface area contributed by atoms with Crippen molar-refractivity contribution < 1.29 is 0 Å². The Morgan fingerprint density at radius 3 is 2.62 bits per heavy atom. The SMILES string of the molecule is O=c1[nH]c(-c2cncnc2)nc2c1CN(Cc1ccc(N3CCCC3)nc1)CC2. The second-order valence-corrected chi connectivity index (χ2v) is 7.65. The first-order chi connectivity index (χ1) is 14.3. The lowest BCUT2D eigenvalue weighted by Crippen LogP contribution is -2.35. The van der Waals surface area contributed by atoms with Gasteiger partial charge in [0, 0.05) is 57.7 Å². The highest BCUT2D eigenvalue weighted by atomic mass is 16.1. The Balaban J connectivity index is 1.30. The summed E-state index contributed by atoms with van der Waals surface area (Å²) < 4.78 is 0. The van der Waals surface area contributed by atoms with Gasteiger partial charge in [0.2, 0.25) is 0 Å². The average Bonchev–Trinajstić information content (AvgIpc) is 3.30. The van der Waals surface area contributed by atoms with Gasteiger partial charge in [-0.15, -0.1) is 0 Å². The van der Waals surface area contributed by atoms with Crippen molar-refractivity contribution >= 4 is 5.82 Å². The number of nitrogens with one attached hydrogen (secondary N) is 1. The van der Waals surface area contributed by atoms with Crippen LogP contribution in [0.5, 0.6) is 0 Å². The lowest BCUT2D eigenvalue weighted by Gasteiger charge is -2.27. The topological polar surface area (TPSA) is 90.9 Å². The highest BCUT2D eigenvalue weighted by molar-refractivity contribution is 5.52. The third-order valence-corrected chi connectivity index (χ3v) is 5.63. The van der Waals surface area contributed by atoms with E-state index in [0.717, 1.165) is 55.2 Å². The molecular weight excluding hydrogens is 366 g/mol. The van der Waals surface area contributed by atoms with Gasteiger partial charge in [-0.3, -0.25) is 9.69 Å². The molecule has 2 aliphatic rings. The number of aromatic nitrogens is 5. The minimum absolute atomic E-state index is 0.0824. The van der Waals surface area contributed by atoms with Crippen LogP contribution in [0.2, 0.25) is 0 Å². The first-order valence-corrected chi connectivity index (χ1v) is 10.1. The number of fused-ring (bicyclic) bond motifs is 1. The Labute approximate surface area is 168 Å². The zero-order valence-corrected chi connectivity index (χ0v) is 16.2. The van der Waals surface area contributed by atoms with Gasteiger partial charge < -0.3 is 9.88 Å². The van der Waals surface area contributed by atoms with Crippen molar-refractivity contribution in [2.45, 2.75) is 32.4 Å². The van der Waals surface area contributed by atoms with Crippen LogP contribution in [0, 0.1) is 0 Å². The number of H-pyrrole nitrogens is 1. The fourth-order valence-corrected chi connectivity index (χ4v) is 4.08. The van der Waals surface area contributed by atoms with Gasteiger partial charge in [0.25, 0.3) is 5.56 Å². The molecule has 0 aromatic carbocycles. The van der Waals surface area contributed by atoms with E-state index in [-0.39, 0.29) is 5.56 Å². The molecule has 0 amide bonds. The van der Waals surface area contributed by atoms with Crippen molar-refractivity contribution in [2.75, 3.05) is 24.5 Å². The zero-order chi connectivity index (χ0) is 19.6. The van der Waals surface area contributed by atoms with Crippen molar-refractivity contribution in [2.24, 2.45) is 0 Å². The third kappa shape index (κ3) is 3.75. The number of nitrogens with zero attached hydrogens (tertiary/aromatic N) is 6. The maximum atomic E-state index is 12.7. The van der Waals surface area contributed by atoms with Crippen molar-refractivity contribution in [1.82, 2.24) is 29.8 Å². The molecule has 0 spiro atoms. The molecule has 1 fully saturated rings. The second kappa shape index (κ2) is 7.71. The van der Waals surface area contributed by atoms with Crippen molar-refractivity contribution in [3.63, 3.8) is 0 Å². The molecule has 5 rings (SSSR count). The smallest absolute Gasteiger partial charge is 0.255 e. The highest BCUT2D eigenvalue weighted by Crippen LogP contribution is 2.21. The standard InChI is InChI=1S/C21H23N7O/c29-21-17-13-27(12-15-3-4-19(24-9-15)28-6-1-2-7-28)8-5-18(17)25-20(26-21)16-10-22-14-23-11-16/h3-4,9-11,14H,1-2,5-8,12-13H2,(H,25,26,29). The van der Waals surface area contributed by atoms with E-state index in [1.54, 1.807) is 12.4 Å². The Bertz CT molecular complexity index is 1040. The van der Waals surface area contributed by atoms with Crippen LogP contribution in [-0.2, 0) is 19.5 Å². The normalized spacial score (nSPS) is 16.8. The van der Waals surface area contributed by atoms with Crippen molar-refractivity contribution in [3.8, 4) is 11.4 Å². The molecule has 0 bridgehead atoms. The molecule has 1 saturated heterocycles. The average molecular weight is 389 g/mol.